The second-order valence-electron chi connectivity index (χ2n) is 6.69. The molecule has 2 aromatic carbocycles. The highest BCUT2D eigenvalue weighted by atomic mass is 32.1. The third kappa shape index (κ3) is 3.26. The van der Waals surface area contributed by atoms with Gasteiger partial charge in [-0.25, -0.2) is 0 Å². The van der Waals surface area contributed by atoms with Gasteiger partial charge in [0.2, 0.25) is 0 Å². The number of nitrogens with one attached hydrogen (secondary N) is 2. The zero-order chi connectivity index (χ0) is 19.0. The number of carbonyl (C=O) groups excluding carboxylic acids is 2. The van der Waals surface area contributed by atoms with Crippen LogP contribution in [0.4, 0.5) is 5.69 Å². The van der Waals surface area contributed by atoms with E-state index in [0.29, 0.717) is 16.1 Å². The predicted molar refractivity (Wildman–Crippen MR) is 110 cm³/mol. The summed E-state index contributed by atoms with van der Waals surface area (Å²) in [5, 5.41) is 5.58. The zero-order valence-electron chi connectivity index (χ0n) is 15.3. The van der Waals surface area contributed by atoms with Gasteiger partial charge in [0, 0.05) is 23.2 Å². The summed E-state index contributed by atoms with van der Waals surface area (Å²) in [6.07, 6.45) is 1.97. The van der Waals surface area contributed by atoms with Crippen LogP contribution in [0.3, 0.4) is 0 Å². The molecular weight excluding hydrogens is 356 g/mol. The number of amides is 2. The number of benzene rings is 2. The van der Waals surface area contributed by atoms with Crippen LogP contribution in [0.5, 0.6) is 0 Å². The van der Waals surface area contributed by atoms with Crippen LogP contribution >= 0.6 is 11.3 Å². The Morgan fingerprint density at radius 3 is 2.56 bits per heavy atom. The monoisotopic (exact) mass is 376 g/mol. The van der Waals surface area contributed by atoms with E-state index in [1.807, 2.05) is 25.1 Å². The third-order valence-corrected chi connectivity index (χ3v) is 6.14. The summed E-state index contributed by atoms with van der Waals surface area (Å²) in [4.78, 5) is 26.6. The van der Waals surface area contributed by atoms with Gasteiger partial charge in [0.25, 0.3) is 11.8 Å². The van der Waals surface area contributed by atoms with Crippen LogP contribution in [-0.4, -0.2) is 18.9 Å². The third-order valence-electron chi connectivity index (χ3n) is 4.93. The Balaban J connectivity index is 1.63. The van der Waals surface area contributed by atoms with E-state index in [9.17, 15) is 9.59 Å². The first-order valence-corrected chi connectivity index (χ1v) is 9.73. The molecule has 0 saturated heterocycles. The SMILES string of the molecule is CNC(=O)c1ccc(C)c(NC(=O)c2cc3c(s2)-c2ccccc2CC3)c1. The highest BCUT2D eigenvalue weighted by Crippen LogP contribution is 2.39. The minimum Gasteiger partial charge on any atom is -0.355 e. The molecular formula is C22H20N2O2S. The molecule has 3 aromatic rings. The molecule has 1 aliphatic carbocycles. The van der Waals surface area contributed by atoms with Gasteiger partial charge in [-0.2, -0.15) is 0 Å². The van der Waals surface area contributed by atoms with Crippen LogP contribution in [-0.2, 0) is 12.8 Å². The number of hydrogen-bond acceptors (Lipinski definition) is 3. The molecule has 0 bridgehead atoms. The van der Waals surface area contributed by atoms with Gasteiger partial charge in [0.15, 0.2) is 0 Å². The lowest BCUT2D eigenvalue weighted by atomic mass is 9.91. The molecule has 1 aliphatic rings. The average Bonchev–Trinajstić information content (AvgIpc) is 3.14. The standard InChI is InChI=1S/C22H20N2O2S/c1-13-7-8-16(21(25)23-2)11-18(13)24-22(26)19-12-15-10-9-14-5-3-4-6-17(14)20(15)27-19/h3-8,11-12H,9-10H2,1-2H3,(H,23,25)(H,24,26). The maximum atomic E-state index is 12.8. The summed E-state index contributed by atoms with van der Waals surface area (Å²) < 4.78 is 0. The van der Waals surface area contributed by atoms with E-state index < -0.39 is 0 Å². The topological polar surface area (TPSA) is 58.2 Å². The van der Waals surface area contributed by atoms with Gasteiger partial charge in [0.05, 0.1) is 4.88 Å². The van der Waals surface area contributed by atoms with E-state index in [0.717, 1.165) is 18.4 Å². The molecule has 0 radical (unpaired) electrons. The molecule has 4 nitrogen and oxygen atoms in total. The average molecular weight is 376 g/mol. The number of anilines is 1. The summed E-state index contributed by atoms with van der Waals surface area (Å²) in [5.74, 6) is -0.308. The van der Waals surface area contributed by atoms with Crippen molar-refractivity contribution in [3.05, 3.63) is 75.7 Å². The molecule has 27 heavy (non-hydrogen) atoms. The summed E-state index contributed by atoms with van der Waals surface area (Å²) in [6, 6.07) is 15.7. The van der Waals surface area contributed by atoms with Crippen LogP contribution in [0.1, 0.15) is 36.7 Å². The molecule has 136 valence electrons. The van der Waals surface area contributed by atoms with Gasteiger partial charge < -0.3 is 10.6 Å². The lowest BCUT2D eigenvalue weighted by Crippen LogP contribution is -2.18. The number of thiophene rings is 1. The molecule has 0 atom stereocenters. The van der Waals surface area contributed by atoms with Crippen LogP contribution in [0.2, 0.25) is 0 Å². The van der Waals surface area contributed by atoms with Gasteiger partial charge in [0.1, 0.15) is 0 Å². The van der Waals surface area contributed by atoms with Crippen LogP contribution in [0.25, 0.3) is 10.4 Å². The maximum absolute atomic E-state index is 12.8. The van der Waals surface area contributed by atoms with E-state index in [1.165, 1.54) is 32.9 Å². The molecule has 0 aliphatic heterocycles. The molecule has 0 saturated carbocycles. The highest BCUT2D eigenvalue weighted by Gasteiger charge is 2.21. The Labute approximate surface area is 162 Å². The van der Waals surface area contributed by atoms with Crippen molar-refractivity contribution in [3.63, 3.8) is 0 Å². The summed E-state index contributed by atoms with van der Waals surface area (Å²) in [7, 11) is 1.59. The van der Waals surface area contributed by atoms with Gasteiger partial charge in [-0.3, -0.25) is 9.59 Å². The van der Waals surface area contributed by atoms with E-state index in [2.05, 4.69) is 28.8 Å². The minimum atomic E-state index is -0.173. The van der Waals surface area contributed by atoms with Crippen molar-refractivity contribution >= 4 is 28.8 Å². The Kier molecular flexibility index (Phi) is 4.54. The summed E-state index contributed by atoms with van der Waals surface area (Å²) in [6.45, 7) is 1.92. The first-order chi connectivity index (χ1) is 13.1. The molecule has 1 aromatic heterocycles. The number of fused-ring (bicyclic) bond motifs is 3. The Morgan fingerprint density at radius 2 is 1.74 bits per heavy atom. The predicted octanol–water partition coefficient (Wildman–Crippen LogP) is 4.43. The zero-order valence-corrected chi connectivity index (χ0v) is 16.1. The Bertz CT molecular complexity index is 1050. The first-order valence-electron chi connectivity index (χ1n) is 8.92. The van der Waals surface area contributed by atoms with Gasteiger partial charge >= 0.3 is 0 Å². The Hall–Kier alpha value is -2.92. The van der Waals surface area contributed by atoms with Gasteiger partial charge in [-0.05, 0) is 60.2 Å². The lowest BCUT2D eigenvalue weighted by molar-refractivity contribution is 0.0961. The normalized spacial score (nSPS) is 12.1. The van der Waals surface area contributed by atoms with Crippen molar-refractivity contribution in [1.82, 2.24) is 5.32 Å². The van der Waals surface area contributed by atoms with Crippen LogP contribution < -0.4 is 10.6 Å². The van der Waals surface area contributed by atoms with Crippen molar-refractivity contribution in [1.29, 1.82) is 0 Å². The number of hydrogen-bond donors (Lipinski definition) is 2. The minimum absolute atomic E-state index is 0.135. The molecule has 0 unspecified atom stereocenters. The molecule has 5 heteroatoms. The highest BCUT2D eigenvalue weighted by molar-refractivity contribution is 7.17. The second kappa shape index (κ2) is 7.00. The van der Waals surface area contributed by atoms with Crippen molar-refractivity contribution in [2.45, 2.75) is 19.8 Å². The molecule has 2 amide bonds. The molecule has 0 fully saturated rings. The summed E-state index contributed by atoms with van der Waals surface area (Å²) >= 11 is 1.53. The molecule has 4 rings (SSSR count). The smallest absolute Gasteiger partial charge is 0.265 e. The maximum Gasteiger partial charge on any atom is 0.265 e. The van der Waals surface area contributed by atoms with Crippen molar-refractivity contribution in [2.75, 3.05) is 12.4 Å². The van der Waals surface area contributed by atoms with Crippen molar-refractivity contribution in [2.24, 2.45) is 0 Å². The molecule has 1 heterocycles. The molecule has 0 spiro atoms. The van der Waals surface area contributed by atoms with E-state index in [1.54, 1.807) is 19.2 Å². The Morgan fingerprint density at radius 1 is 0.963 bits per heavy atom. The number of carbonyl (C=O) groups is 2. The van der Waals surface area contributed by atoms with Gasteiger partial charge in [-0.1, -0.05) is 30.3 Å². The summed E-state index contributed by atoms with van der Waals surface area (Å²) in [5.41, 5.74) is 5.92. The van der Waals surface area contributed by atoms with E-state index in [4.69, 9.17) is 0 Å². The van der Waals surface area contributed by atoms with Crippen molar-refractivity contribution < 1.29 is 9.59 Å². The second-order valence-corrected chi connectivity index (χ2v) is 7.74. The quantitative estimate of drug-likeness (QED) is 0.710. The fourth-order valence-corrected chi connectivity index (χ4v) is 4.58. The lowest BCUT2D eigenvalue weighted by Gasteiger charge is -2.15. The van der Waals surface area contributed by atoms with E-state index >= 15 is 0 Å². The largest absolute Gasteiger partial charge is 0.355 e. The fourth-order valence-electron chi connectivity index (χ4n) is 3.41. The fraction of sp³-hybridized carbons (Fsp3) is 0.182. The first kappa shape index (κ1) is 17.5. The number of rotatable bonds is 3. The number of aryl methyl sites for hydroxylation is 3. The van der Waals surface area contributed by atoms with Gasteiger partial charge in [-0.15, -0.1) is 11.3 Å². The van der Waals surface area contributed by atoms with Crippen molar-refractivity contribution in [3.8, 4) is 10.4 Å². The van der Waals surface area contributed by atoms with E-state index in [-0.39, 0.29) is 11.8 Å². The van der Waals surface area contributed by atoms with Crippen LogP contribution in [0, 0.1) is 6.92 Å². The van der Waals surface area contributed by atoms with Crippen LogP contribution in [0.15, 0.2) is 48.5 Å². The molecule has 2 N–H and O–H groups in total.